The van der Waals surface area contributed by atoms with Crippen LogP contribution in [0.2, 0.25) is 0 Å². The smallest absolute Gasteiger partial charge is 0.246 e. The summed E-state index contributed by atoms with van der Waals surface area (Å²) >= 11 is 1.60. The van der Waals surface area contributed by atoms with Crippen molar-refractivity contribution >= 4 is 22.9 Å². The molecule has 0 radical (unpaired) electrons. The van der Waals surface area contributed by atoms with Crippen molar-refractivity contribution < 1.29 is 4.79 Å². The molecule has 3 rings (SSSR count). The van der Waals surface area contributed by atoms with Crippen LogP contribution in [-0.4, -0.2) is 29.9 Å². The number of likely N-dealkylation sites (N-methyl/N-ethyl adjacent to an activating group) is 1. The van der Waals surface area contributed by atoms with Crippen LogP contribution in [0.15, 0.2) is 66.2 Å². The molecule has 1 N–H and O–H groups in total. The highest BCUT2D eigenvalue weighted by Crippen LogP contribution is 2.24. The van der Waals surface area contributed by atoms with Gasteiger partial charge in [-0.3, -0.25) is 9.69 Å². The van der Waals surface area contributed by atoms with Crippen molar-refractivity contribution in [2.45, 2.75) is 6.04 Å². The Morgan fingerprint density at radius 3 is 2.38 bits per heavy atom. The van der Waals surface area contributed by atoms with E-state index in [0.29, 0.717) is 0 Å². The minimum Gasteiger partial charge on any atom is -0.324 e. The first kappa shape index (κ1) is 16.4. The number of nitrogens with one attached hydrogen (secondary N) is 1. The number of carbonyl (C=O) groups is 1. The molecular formula is C19H19N3OS. The molecule has 24 heavy (non-hydrogen) atoms. The highest BCUT2D eigenvalue weighted by Gasteiger charge is 2.22. The first-order chi connectivity index (χ1) is 11.6. The number of benzene rings is 2. The second kappa shape index (κ2) is 7.38. The molecule has 0 saturated heterocycles. The lowest BCUT2D eigenvalue weighted by atomic mass is 10.1. The fourth-order valence-corrected chi connectivity index (χ4v) is 3.24. The van der Waals surface area contributed by atoms with E-state index in [0.717, 1.165) is 21.8 Å². The highest BCUT2D eigenvalue weighted by atomic mass is 32.1. The van der Waals surface area contributed by atoms with Gasteiger partial charge >= 0.3 is 0 Å². The molecule has 4 nitrogen and oxygen atoms in total. The van der Waals surface area contributed by atoms with Crippen molar-refractivity contribution in [1.82, 2.24) is 9.88 Å². The van der Waals surface area contributed by atoms with Crippen LogP contribution in [0.5, 0.6) is 0 Å². The van der Waals surface area contributed by atoms with E-state index >= 15 is 0 Å². The number of amides is 1. The van der Waals surface area contributed by atoms with E-state index in [1.54, 1.807) is 17.5 Å². The SMILES string of the molecule is CN(C)C(C(=O)Nc1ccc(-c2nccs2)cc1)c1ccccc1. The summed E-state index contributed by atoms with van der Waals surface area (Å²) in [7, 11) is 3.81. The lowest BCUT2D eigenvalue weighted by Crippen LogP contribution is -2.32. The monoisotopic (exact) mass is 337 g/mol. The van der Waals surface area contributed by atoms with Gasteiger partial charge in [0.15, 0.2) is 0 Å². The molecule has 122 valence electrons. The van der Waals surface area contributed by atoms with E-state index in [-0.39, 0.29) is 11.9 Å². The van der Waals surface area contributed by atoms with Crippen molar-refractivity contribution in [3.8, 4) is 10.6 Å². The van der Waals surface area contributed by atoms with Crippen molar-refractivity contribution in [1.29, 1.82) is 0 Å². The fourth-order valence-electron chi connectivity index (χ4n) is 2.59. The van der Waals surface area contributed by atoms with Crippen LogP contribution < -0.4 is 5.32 Å². The Bertz CT molecular complexity index is 783. The Kier molecular flexibility index (Phi) is 5.03. The maximum atomic E-state index is 12.7. The van der Waals surface area contributed by atoms with E-state index in [1.165, 1.54) is 0 Å². The van der Waals surface area contributed by atoms with Gasteiger partial charge < -0.3 is 5.32 Å². The molecule has 1 aromatic heterocycles. The van der Waals surface area contributed by atoms with Crippen LogP contribution >= 0.6 is 11.3 Å². The lowest BCUT2D eigenvalue weighted by molar-refractivity contribution is -0.120. The third-order valence-electron chi connectivity index (χ3n) is 3.71. The van der Waals surface area contributed by atoms with E-state index < -0.39 is 0 Å². The Morgan fingerprint density at radius 1 is 1.08 bits per heavy atom. The van der Waals surface area contributed by atoms with Crippen molar-refractivity contribution in [3.63, 3.8) is 0 Å². The van der Waals surface area contributed by atoms with Crippen LogP contribution in [0.3, 0.4) is 0 Å². The first-order valence-electron chi connectivity index (χ1n) is 7.67. The number of rotatable bonds is 5. The molecule has 0 saturated carbocycles. The van der Waals surface area contributed by atoms with Crippen LogP contribution in [-0.2, 0) is 4.79 Å². The number of aromatic nitrogens is 1. The number of hydrogen-bond acceptors (Lipinski definition) is 4. The summed E-state index contributed by atoms with van der Waals surface area (Å²) in [6.45, 7) is 0. The van der Waals surface area contributed by atoms with Gasteiger partial charge in [-0.1, -0.05) is 30.3 Å². The Hall–Kier alpha value is -2.50. The number of nitrogens with zero attached hydrogens (tertiary/aromatic N) is 2. The fraction of sp³-hybridized carbons (Fsp3) is 0.158. The first-order valence-corrected chi connectivity index (χ1v) is 8.55. The zero-order valence-electron chi connectivity index (χ0n) is 13.6. The Balaban J connectivity index is 1.75. The Morgan fingerprint density at radius 2 is 1.79 bits per heavy atom. The molecule has 0 aliphatic rings. The average molecular weight is 337 g/mol. The normalized spacial score (nSPS) is 12.1. The van der Waals surface area contributed by atoms with E-state index in [2.05, 4.69) is 10.3 Å². The molecule has 1 unspecified atom stereocenters. The van der Waals surface area contributed by atoms with Crippen molar-refractivity contribution in [3.05, 3.63) is 71.7 Å². The maximum Gasteiger partial charge on any atom is 0.246 e. The molecule has 2 aromatic carbocycles. The number of anilines is 1. The Labute approximate surface area is 145 Å². The molecule has 0 bridgehead atoms. The molecular weight excluding hydrogens is 318 g/mol. The lowest BCUT2D eigenvalue weighted by Gasteiger charge is -2.23. The molecule has 0 aliphatic carbocycles. The quantitative estimate of drug-likeness (QED) is 0.764. The zero-order valence-corrected chi connectivity index (χ0v) is 14.5. The molecule has 0 fully saturated rings. The summed E-state index contributed by atoms with van der Waals surface area (Å²) in [6, 6.07) is 17.2. The van der Waals surface area contributed by atoms with Gasteiger partial charge in [-0.15, -0.1) is 11.3 Å². The van der Waals surface area contributed by atoms with Gasteiger partial charge in [-0.2, -0.15) is 0 Å². The third kappa shape index (κ3) is 3.69. The average Bonchev–Trinajstić information content (AvgIpc) is 3.11. The minimum absolute atomic E-state index is 0.0480. The summed E-state index contributed by atoms with van der Waals surface area (Å²) in [6.07, 6.45) is 1.79. The summed E-state index contributed by atoms with van der Waals surface area (Å²) < 4.78 is 0. The zero-order chi connectivity index (χ0) is 16.9. The largest absolute Gasteiger partial charge is 0.324 e. The minimum atomic E-state index is -0.329. The third-order valence-corrected chi connectivity index (χ3v) is 4.53. The van der Waals surface area contributed by atoms with E-state index in [9.17, 15) is 4.79 Å². The number of carbonyl (C=O) groups excluding carboxylic acids is 1. The predicted molar refractivity (Wildman–Crippen MR) is 99.0 cm³/mol. The summed E-state index contributed by atoms with van der Waals surface area (Å²) in [4.78, 5) is 18.9. The van der Waals surface area contributed by atoms with Gasteiger partial charge in [0.05, 0.1) is 0 Å². The molecule has 0 spiro atoms. The van der Waals surface area contributed by atoms with Crippen molar-refractivity contribution in [2.24, 2.45) is 0 Å². The molecule has 5 heteroatoms. The number of hydrogen-bond donors (Lipinski definition) is 1. The van der Waals surface area contributed by atoms with E-state index in [1.807, 2.05) is 79.0 Å². The standard InChI is InChI=1S/C19H19N3OS/c1-22(2)17(14-6-4-3-5-7-14)18(23)21-16-10-8-15(9-11-16)19-20-12-13-24-19/h3-13,17H,1-2H3,(H,21,23). The van der Waals surface area contributed by atoms with Crippen molar-refractivity contribution in [2.75, 3.05) is 19.4 Å². The van der Waals surface area contributed by atoms with E-state index in [4.69, 9.17) is 0 Å². The molecule has 1 atom stereocenters. The van der Waals surface area contributed by atoms with Gasteiger partial charge in [0.25, 0.3) is 0 Å². The second-order valence-corrected chi connectivity index (χ2v) is 6.58. The van der Waals surface area contributed by atoms with Gasteiger partial charge in [-0.25, -0.2) is 4.98 Å². The topological polar surface area (TPSA) is 45.2 Å². The second-order valence-electron chi connectivity index (χ2n) is 5.68. The summed E-state index contributed by atoms with van der Waals surface area (Å²) in [5.41, 5.74) is 2.80. The van der Waals surface area contributed by atoms with Gasteiger partial charge in [0.1, 0.15) is 11.0 Å². The molecule has 1 heterocycles. The van der Waals surface area contributed by atoms with Crippen LogP contribution in [0.25, 0.3) is 10.6 Å². The van der Waals surface area contributed by atoms with Gasteiger partial charge in [0.2, 0.25) is 5.91 Å². The summed E-state index contributed by atoms with van der Waals surface area (Å²) in [5.74, 6) is -0.0480. The van der Waals surface area contributed by atoms with Crippen LogP contribution in [0.4, 0.5) is 5.69 Å². The maximum absolute atomic E-state index is 12.7. The van der Waals surface area contributed by atoms with Crippen LogP contribution in [0, 0.1) is 0 Å². The molecule has 0 aliphatic heterocycles. The number of thiazole rings is 1. The molecule has 3 aromatic rings. The van der Waals surface area contributed by atoms with Gasteiger partial charge in [-0.05, 0) is 43.9 Å². The van der Waals surface area contributed by atoms with Crippen LogP contribution in [0.1, 0.15) is 11.6 Å². The summed E-state index contributed by atoms with van der Waals surface area (Å²) in [5, 5.41) is 5.92. The predicted octanol–water partition coefficient (Wildman–Crippen LogP) is 4.05. The van der Waals surface area contributed by atoms with Gasteiger partial charge in [0, 0.05) is 22.8 Å². The highest BCUT2D eigenvalue weighted by molar-refractivity contribution is 7.13. The molecule has 1 amide bonds.